The van der Waals surface area contributed by atoms with Crippen LogP contribution in [0.4, 0.5) is 0 Å². The molecule has 0 aliphatic carbocycles. The molecule has 0 radical (unpaired) electrons. The van der Waals surface area contributed by atoms with Gasteiger partial charge in [-0.25, -0.2) is 0 Å². The second-order valence-corrected chi connectivity index (χ2v) is 5.31. The lowest BCUT2D eigenvalue weighted by atomic mass is 10.1. The van der Waals surface area contributed by atoms with Crippen molar-refractivity contribution in [3.8, 4) is 5.75 Å². The number of hydrogen-bond donors (Lipinski definition) is 0. The largest absolute Gasteiger partial charge is 0.497 e. The molecule has 1 atom stereocenters. The first-order valence-corrected chi connectivity index (χ1v) is 6.95. The molecule has 19 heavy (non-hydrogen) atoms. The maximum atomic E-state index is 12.5. The van der Waals surface area contributed by atoms with Crippen molar-refractivity contribution < 1.29 is 9.53 Å². The number of carbonyl (C=O) groups excluding carboxylic acids is 1. The number of benzene rings is 1. The molecule has 2 aliphatic rings. The van der Waals surface area contributed by atoms with E-state index in [1.165, 1.54) is 19.4 Å². The van der Waals surface area contributed by atoms with Gasteiger partial charge in [-0.3, -0.25) is 9.69 Å². The molecule has 3 rings (SSSR count). The van der Waals surface area contributed by atoms with Crippen LogP contribution in [0.5, 0.6) is 5.75 Å². The van der Waals surface area contributed by atoms with Gasteiger partial charge in [-0.2, -0.15) is 0 Å². The van der Waals surface area contributed by atoms with E-state index in [9.17, 15) is 4.79 Å². The summed E-state index contributed by atoms with van der Waals surface area (Å²) in [6, 6.07) is 7.97. The minimum absolute atomic E-state index is 0.147. The number of methoxy groups -OCH3 is 1. The van der Waals surface area contributed by atoms with Gasteiger partial charge in [-0.05, 0) is 43.7 Å². The molecule has 102 valence electrons. The zero-order valence-electron chi connectivity index (χ0n) is 11.3. The van der Waals surface area contributed by atoms with Crippen molar-refractivity contribution in [1.82, 2.24) is 9.80 Å². The molecule has 0 aromatic heterocycles. The summed E-state index contributed by atoms with van der Waals surface area (Å²) in [6.07, 6.45) is 2.50. The predicted octanol–water partition coefficient (Wildman–Crippen LogP) is 1.62. The zero-order chi connectivity index (χ0) is 13.2. The normalized spacial score (nSPS) is 23.2. The van der Waals surface area contributed by atoms with Gasteiger partial charge in [0.1, 0.15) is 5.75 Å². The first-order chi connectivity index (χ1) is 9.28. The standard InChI is InChI=1S/C15H20N2O2/c1-19-14-6-4-12(5-7-14)15(18)17-10-9-16-8-2-3-13(16)11-17/h4-7,13H,2-3,8-11H2,1H3/t13-/m0/s1. The van der Waals surface area contributed by atoms with E-state index in [4.69, 9.17) is 4.74 Å². The lowest BCUT2D eigenvalue weighted by Gasteiger charge is -2.37. The predicted molar refractivity (Wildman–Crippen MR) is 73.5 cm³/mol. The highest BCUT2D eigenvalue weighted by Gasteiger charge is 2.32. The number of ether oxygens (including phenoxy) is 1. The molecule has 0 unspecified atom stereocenters. The molecule has 2 heterocycles. The van der Waals surface area contributed by atoms with Crippen LogP contribution in [-0.4, -0.2) is 55.0 Å². The molecule has 2 aliphatic heterocycles. The van der Waals surface area contributed by atoms with E-state index in [0.29, 0.717) is 6.04 Å². The number of fused-ring (bicyclic) bond motifs is 1. The Morgan fingerprint density at radius 2 is 2.00 bits per heavy atom. The van der Waals surface area contributed by atoms with Crippen molar-refractivity contribution >= 4 is 5.91 Å². The molecule has 0 saturated carbocycles. The minimum Gasteiger partial charge on any atom is -0.497 e. The lowest BCUT2D eigenvalue weighted by Crippen LogP contribution is -2.52. The molecule has 4 heteroatoms. The minimum atomic E-state index is 0.147. The topological polar surface area (TPSA) is 32.8 Å². The van der Waals surface area contributed by atoms with Crippen LogP contribution in [0, 0.1) is 0 Å². The second kappa shape index (κ2) is 5.21. The van der Waals surface area contributed by atoms with Gasteiger partial charge in [-0.15, -0.1) is 0 Å². The maximum absolute atomic E-state index is 12.5. The number of carbonyl (C=O) groups is 1. The van der Waals surface area contributed by atoms with E-state index in [2.05, 4.69) is 4.90 Å². The van der Waals surface area contributed by atoms with Gasteiger partial charge in [-0.1, -0.05) is 0 Å². The van der Waals surface area contributed by atoms with E-state index in [-0.39, 0.29) is 5.91 Å². The molecule has 1 aromatic carbocycles. The van der Waals surface area contributed by atoms with Crippen molar-refractivity contribution in [2.24, 2.45) is 0 Å². The Balaban J connectivity index is 1.69. The molecule has 0 spiro atoms. The van der Waals surface area contributed by atoms with Crippen molar-refractivity contribution in [3.05, 3.63) is 29.8 Å². The van der Waals surface area contributed by atoms with E-state index < -0.39 is 0 Å². The molecule has 1 aromatic rings. The number of rotatable bonds is 2. The fourth-order valence-corrected chi connectivity index (χ4v) is 3.09. The third-order valence-corrected chi connectivity index (χ3v) is 4.21. The third kappa shape index (κ3) is 2.45. The van der Waals surface area contributed by atoms with Crippen LogP contribution >= 0.6 is 0 Å². The second-order valence-electron chi connectivity index (χ2n) is 5.31. The maximum Gasteiger partial charge on any atom is 0.253 e. The Kier molecular flexibility index (Phi) is 3.42. The monoisotopic (exact) mass is 260 g/mol. The summed E-state index contributed by atoms with van der Waals surface area (Å²) in [5.41, 5.74) is 0.757. The Hall–Kier alpha value is -1.55. The van der Waals surface area contributed by atoms with Crippen LogP contribution in [0.1, 0.15) is 23.2 Å². The van der Waals surface area contributed by atoms with Crippen molar-refractivity contribution in [2.45, 2.75) is 18.9 Å². The summed E-state index contributed by atoms with van der Waals surface area (Å²) in [5.74, 6) is 0.936. The molecule has 2 saturated heterocycles. The van der Waals surface area contributed by atoms with Crippen LogP contribution < -0.4 is 4.74 Å². The lowest BCUT2D eigenvalue weighted by molar-refractivity contribution is 0.0571. The fourth-order valence-electron chi connectivity index (χ4n) is 3.09. The summed E-state index contributed by atoms with van der Waals surface area (Å²) in [6.45, 7) is 3.95. The molecular formula is C15H20N2O2. The van der Waals surface area contributed by atoms with Crippen LogP contribution in [0.25, 0.3) is 0 Å². The van der Waals surface area contributed by atoms with E-state index >= 15 is 0 Å². The molecule has 1 amide bonds. The van der Waals surface area contributed by atoms with Crippen LogP contribution in [0.2, 0.25) is 0 Å². The first-order valence-electron chi connectivity index (χ1n) is 6.95. The smallest absolute Gasteiger partial charge is 0.253 e. The molecule has 2 fully saturated rings. The van der Waals surface area contributed by atoms with Crippen molar-refractivity contribution in [2.75, 3.05) is 33.3 Å². The summed E-state index contributed by atoms with van der Waals surface area (Å²) in [7, 11) is 1.64. The SMILES string of the molecule is COc1ccc(C(=O)N2CCN3CCC[C@H]3C2)cc1. The van der Waals surface area contributed by atoms with E-state index in [0.717, 1.165) is 30.9 Å². The molecule has 4 nitrogen and oxygen atoms in total. The number of hydrogen-bond acceptors (Lipinski definition) is 3. The highest BCUT2D eigenvalue weighted by Crippen LogP contribution is 2.23. The zero-order valence-corrected chi connectivity index (χ0v) is 11.3. The Bertz CT molecular complexity index is 458. The van der Waals surface area contributed by atoms with Crippen LogP contribution in [0.3, 0.4) is 0 Å². The summed E-state index contributed by atoms with van der Waals surface area (Å²) >= 11 is 0. The Morgan fingerprint density at radius 3 is 2.74 bits per heavy atom. The number of piperazine rings is 1. The van der Waals surface area contributed by atoms with Crippen molar-refractivity contribution in [1.29, 1.82) is 0 Å². The number of amides is 1. The summed E-state index contributed by atoms with van der Waals surface area (Å²) in [4.78, 5) is 17.0. The Morgan fingerprint density at radius 1 is 1.21 bits per heavy atom. The average Bonchev–Trinajstić information content (AvgIpc) is 2.94. The quantitative estimate of drug-likeness (QED) is 0.810. The number of nitrogens with zero attached hydrogens (tertiary/aromatic N) is 2. The molecular weight excluding hydrogens is 240 g/mol. The molecule has 0 N–H and O–H groups in total. The highest BCUT2D eigenvalue weighted by molar-refractivity contribution is 5.94. The van der Waals surface area contributed by atoms with Crippen LogP contribution in [0.15, 0.2) is 24.3 Å². The van der Waals surface area contributed by atoms with Gasteiger partial charge in [0.05, 0.1) is 7.11 Å². The van der Waals surface area contributed by atoms with Crippen LogP contribution in [-0.2, 0) is 0 Å². The van der Waals surface area contributed by atoms with E-state index in [1.54, 1.807) is 7.11 Å². The fraction of sp³-hybridized carbons (Fsp3) is 0.533. The average molecular weight is 260 g/mol. The summed E-state index contributed by atoms with van der Waals surface area (Å²) < 4.78 is 5.12. The van der Waals surface area contributed by atoms with Crippen molar-refractivity contribution in [3.63, 3.8) is 0 Å². The molecule has 0 bridgehead atoms. The van der Waals surface area contributed by atoms with Gasteiger partial charge in [0.25, 0.3) is 5.91 Å². The van der Waals surface area contributed by atoms with Gasteiger partial charge in [0.15, 0.2) is 0 Å². The van der Waals surface area contributed by atoms with E-state index in [1.807, 2.05) is 29.2 Å². The first kappa shape index (κ1) is 12.5. The van der Waals surface area contributed by atoms with Gasteiger partial charge in [0.2, 0.25) is 0 Å². The van der Waals surface area contributed by atoms with Gasteiger partial charge in [0, 0.05) is 31.2 Å². The Labute approximate surface area is 113 Å². The van der Waals surface area contributed by atoms with Gasteiger partial charge >= 0.3 is 0 Å². The third-order valence-electron chi connectivity index (χ3n) is 4.21. The highest BCUT2D eigenvalue weighted by atomic mass is 16.5. The van der Waals surface area contributed by atoms with Gasteiger partial charge < -0.3 is 9.64 Å². The summed E-state index contributed by atoms with van der Waals surface area (Å²) in [5, 5.41) is 0.